The molecule has 7 nitrogen and oxygen atoms in total. The number of carbonyl (C=O) groups is 3. The molecular weight excluding hydrogens is 456 g/mol. The lowest BCUT2D eigenvalue weighted by molar-refractivity contribution is -0.127. The molecule has 0 radical (unpaired) electrons. The highest BCUT2D eigenvalue weighted by molar-refractivity contribution is 8.02. The summed E-state index contributed by atoms with van der Waals surface area (Å²) in [6, 6.07) is 6.79. The minimum atomic E-state index is -0.407. The molecule has 0 N–H and O–H groups in total. The number of likely N-dealkylation sites (tertiary alicyclic amines) is 1. The SMILES string of the molecule is CCC(=O)N(c1nnc(S[C@@H]2CCCCN(C(=O)c3ccc(Cl)cc3)C2=O)s1)C1CC1. The number of imide groups is 1. The van der Waals surface area contributed by atoms with Crippen molar-refractivity contribution in [3.05, 3.63) is 34.9 Å². The molecule has 164 valence electrons. The Balaban J connectivity index is 1.48. The molecule has 1 saturated carbocycles. The second-order valence-corrected chi connectivity index (χ2v) is 10.4. The Labute approximate surface area is 194 Å². The topological polar surface area (TPSA) is 83.5 Å². The third kappa shape index (κ3) is 5.10. The van der Waals surface area contributed by atoms with E-state index in [1.54, 1.807) is 29.2 Å². The van der Waals surface area contributed by atoms with E-state index < -0.39 is 5.25 Å². The molecule has 4 rings (SSSR count). The minimum Gasteiger partial charge on any atom is -0.284 e. The number of carbonyl (C=O) groups excluding carboxylic acids is 3. The summed E-state index contributed by atoms with van der Waals surface area (Å²) < 4.78 is 0.642. The zero-order valence-corrected chi connectivity index (χ0v) is 19.5. The second kappa shape index (κ2) is 9.67. The molecule has 1 aliphatic carbocycles. The van der Waals surface area contributed by atoms with Crippen LogP contribution in [0.3, 0.4) is 0 Å². The van der Waals surface area contributed by atoms with Crippen LogP contribution >= 0.6 is 34.7 Å². The van der Waals surface area contributed by atoms with E-state index in [9.17, 15) is 14.4 Å². The number of amides is 3. The molecule has 1 aromatic carbocycles. The van der Waals surface area contributed by atoms with Gasteiger partial charge in [0.25, 0.3) is 5.91 Å². The Morgan fingerprint density at radius 1 is 1.19 bits per heavy atom. The van der Waals surface area contributed by atoms with Gasteiger partial charge in [-0.15, -0.1) is 10.2 Å². The van der Waals surface area contributed by atoms with Gasteiger partial charge in [-0.25, -0.2) is 0 Å². The Kier molecular flexibility index (Phi) is 6.93. The molecule has 2 fully saturated rings. The van der Waals surface area contributed by atoms with Crippen LogP contribution in [0.15, 0.2) is 28.6 Å². The third-order valence-electron chi connectivity index (χ3n) is 5.30. The molecule has 3 amide bonds. The van der Waals surface area contributed by atoms with Crippen molar-refractivity contribution in [3.63, 3.8) is 0 Å². The largest absolute Gasteiger partial charge is 0.284 e. The lowest BCUT2D eigenvalue weighted by Gasteiger charge is -2.22. The maximum absolute atomic E-state index is 13.2. The first-order valence-electron chi connectivity index (χ1n) is 10.4. The van der Waals surface area contributed by atoms with E-state index in [-0.39, 0.29) is 23.8 Å². The molecule has 1 aromatic heterocycles. The molecule has 0 spiro atoms. The second-order valence-electron chi connectivity index (χ2n) is 7.60. The first-order chi connectivity index (χ1) is 15.0. The molecule has 2 aliphatic rings. The van der Waals surface area contributed by atoms with Crippen molar-refractivity contribution in [2.24, 2.45) is 0 Å². The zero-order valence-electron chi connectivity index (χ0n) is 17.1. The Morgan fingerprint density at radius 3 is 2.61 bits per heavy atom. The third-order valence-corrected chi connectivity index (χ3v) is 7.82. The minimum absolute atomic E-state index is 0.0421. The maximum Gasteiger partial charge on any atom is 0.260 e. The highest BCUT2D eigenvalue weighted by atomic mass is 35.5. The van der Waals surface area contributed by atoms with Crippen LogP contribution in [0.25, 0.3) is 0 Å². The number of hydrogen-bond acceptors (Lipinski definition) is 7. The number of hydrogen-bond donors (Lipinski definition) is 0. The van der Waals surface area contributed by atoms with Crippen LogP contribution in [0.1, 0.15) is 55.8 Å². The summed E-state index contributed by atoms with van der Waals surface area (Å²) in [6.45, 7) is 2.24. The monoisotopic (exact) mass is 478 g/mol. The van der Waals surface area contributed by atoms with E-state index in [0.717, 1.165) is 25.7 Å². The van der Waals surface area contributed by atoms with Crippen LogP contribution in [0.2, 0.25) is 5.02 Å². The maximum atomic E-state index is 13.2. The van der Waals surface area contributed by atoms with Gasteiger partial charge >= 0.3 is 0 Å². The van der Waals surface area contributed by atoms with Gasteiger partial charge < -0.3 is 0 Å². The van der Waals surface area contributed by atoms with Crippen LogP contribution in [-0.2, 0) is 9.59 Å². The van der Waals surface area contributed by atoms with Gasteiger partial charge in [-0.3, -0.25) is 24.2 Å². The fraction of sp³-hybridized carbons (Fsp3) is 0.476. The standard InChI is InChI=1S/C21H23ClN4O3S2/c1-2-17(27)26(15-10-11-15)20-23-24-21(31-20)30-16-5-3-4-12-25(19(16)29)18(28)13-6-8-14(22)9-7-13/h6-9,15-16H,2-5,10-12H2,1H3/t16-/m1/s1. The van der Waals surface area contributed by atoms with Gasteiger partial charge in [0.2, 0.25) is 16.9 Å². The van der Waals surface area contributed by atoms with Gasteiger partial charge in [0.15, 0.2) is 4.34 Å². The van der Waals surface area contributed by atoms with Crippen LogP contribution in [-0.4, -0.2) is 50.7 Å². The summed E-state index contributed by atoms with van der Waals surface area (Å²) in [5.74, 6) is -0.469. The smallest absolute Gasteiger partial charge is 0.260 e. The first-order valence-corrected chi connectivity index (χ1v) is 12.5. The predicted octanol–water partition coefficient (Wildman–Crippen LogP) is 4.41. The van der Waals surface area contributed by atoms with Crippen molar-refractivity contribution in [2.75, 3.05) is 11.4 Å². The summed E-state index contributed by atoms with van der Waals surface area (Å²) in [5.41, 5.74) is 0.444. The summed E-state index contributed by atoms with van der Waals surface area (Å²) >= 11 is 8.59. The normalized spacial score (nSPS) is 19.2. The van der Waals surface area contributed by atoms with E-state index in [1.165, 1.54) is 28.0 Å². The summed E-state index contributed by atoms with van der Waals surface area (Å²) in [5, 5.41) is 9.17. The van der Waals surface area contributed by atoms with Gasteiger partial charge in [-0.1, -0.05) is 48.0 Å². The van der Waals surface area contributed by atoms with E-state index in [4.69, 9.17) is 11.6 Å². The van der Waals surface area contributed by atoms with Crippen molar-refractivity contribution < 1.29 is 14.4 Å². The van der Waals surface area contributed by atoms with Crippen LogP contribution in [0.5, 0.6) is 0 Å². The molecule has 1 saturated heterocycles. The first kappa shape index (κ1) is 22.2. The lowest BCUT2D eigenvalue weighted by atomic mass is 10.2. The average molecular weight is 479 g/mol. The Morgan fingerprint density at radius 2 is 1.94 bits per heavy atom. The molecule has 0 bridgehead atoms. The van der Waals surface area contributed by atoms with E-state index in [1.807, 2.05) is 6.92 Å². The van der Waals surface area contributed by atoms with Gasteiger partial charge in [0.1, 0.15) is 0 Å². The molecule has 1 atom stereocenters. The molecular formula is C21H23ClN4O3S2. The number of thioether (sulfide) groups is 1. The van der Waals surface area contributed by atoms with Crippen molar-refractivity contribution in [1.82, 2.24) is 15.1 Å². The number of benzene rings is 1. The van der Waals surface area contributed by atoms with Crippen molar-refractivity contribution in [1.29, 1.82) is 0 Å². The summed E-state index contributed by atoms with van der Waals surface area (Å²) in [6.07, 6.45) is 4.67. The van der Waals surface area contributed by atoms with E-state index >= 15 is 0 Å². The van der Waals surface area contributed by atoms with Gasteiger partial charge in [0, 0.05) is 29.6 Å². The van der Waals surface area contributed by atoms with Crippen molar-refractivity contribution in [3.8, 4) is 0 Å². The number of halogens is 1. The number of nitrogens with zero attached hydrogens (tertiary/aromatic N) is 4. The molecule has 10 heteroatoms. The number of rotatable bonds is 6. The lowest BCUT2D eigenvalue weighted by Crippen LogP contribution is -2.41. The molecule has 1 aliphatic heterocycles. The van der Waals surface area contributed by atoms with Gasteiger partial charge in [-0.05, 0) is 49.9 Å². The number of anilines is 1. The highest BCUT2D eigenvalue weighted by Gasteiger charge is 2.36. The Hall–Kier alpha value is -1.97. The fourth-order valence-corrected chi connectivity index (χ4v) is 5.91. The predicted molar refractivity (Wildman–Crippen MR) is 122 cm³/mol. The molecule has 2 aromatic rings. The van der Waals surface area contributed by atoms with Crippen LogP contribution in [0.4, 0.5) is 5.13 Å². The molecule has 0 unspecified atom stereocenters. The van der Waals surface area contributed by atoms with E-state index in [2.05, 4.69) is 10.2 Å². The van der Waals surface area contributed by atoms with Crippen LogP contribution in [0, 0.1) is 0 Å². The molecule has 31 heavy (non-hydrogen) atoms. The fourth-order valence-electron chi connectivity index (χ4n) is 3.51. The average Bonchev–Trinajstić information content (AvgIpc) is 3.53. The van der Waals surface area contributed by atoms with Gasteiger partial charge in [-0.2, -0.15) is 0 Å². The van der Waals surface area contributed by atoms with Crippen LogP contribution < -0.4 is 4.90 Å². The van der Waals surface area contributed by atoms with Crippen molar-refractivity contribution >= 4 is 57.6 Å². The number of aromatic nitrogens is 2. The Bertz CT molecular complexity index is 977. The summed E-state index contributed by atoms with van der Waals surface area (Å²) in [4.78, 5) is 41.5. The van der Waals surface area contributed by atoms with Gasteiger partial charge in [0.05, 0.1) is 5.25 Å². The molecule has 2 heterocycles. The summed E-state index contributed by atoms with van der Waals surface area (Å²) in [7, 11) is 0. The zero-order chi connectivity index (χ0) is 22.0. The van der Waals surface area contributed by atoms with E-state index in [0.29, 0.717) is 39.4 Å². The van der Waals surface area contributed by atoms with Crippen molar-refractivity contribution in [2.45, 2.75) is 61.1 Å². The highest BCUT2D eigenvalue weighted by Crippen LogP contribution is 2.38. The quantitative estimate of drug-likeness (QED) is 0.451.